The van der Waals surface area contributed by atoms with Gasteiger partial charge in [0.15, 0.2) is 5.78 Å². The van der Waals surface area contributed by atoms with E-state index in [1.54, 1.807) is 42.5 Å². The molecule has 1 heterocycles. The Hall–Kier alpha value is -3.77. The number of nitrogens with zero attached hydrogens (tertiary/aromatic N) is 1. The number of phenolic OH excluding ortho intramolecular Hbond substituents is 2. The molecular weight excluding hydrogens is 418 g/mol. The molecule has 0 bridgehead atoms. The molecule has 1 aromatic heterocycles. The molecule has 0 aliphatic heterocycles. The molecule has 4 rings (SSSR count). The van der Waals surface area contributed by atoms with Crippen molar-refractivity contribution < 1.29 is 24.2 Å². The summed E-state index contributed by atoms with van der Waals surface area (Å²) < 4.78 is 11.7. The van der Waals surface area contributed by atoms with E-state index >= 15 is 0 Å². The second-order valence-corrected chi connectivity index (χ2v) is 7.54. The third-order valence-corrected chi connectivity index (χ3v) is 4.95. The summed E-state index contributed by atoms with van der Waals surface area (Å²) in [5.74, 6) is 1.05. The minimum absolute atomic E-state index is 0.0525. The normalized spacial score (nSPS) is 10.7. The Balaban J connectivity index is 0.00000149. The van der Waals surface area contributed by atoms with Gasteiger partial charge in [0, 0.05) is 29.1 Å². The lowest BCUT2D eigenvalue weighted by Gasteiger charge is -2.11. The molecule has 0 saturated heterocycles. The van der Waals surface area contributed by atoms with Crippen LogP contribution in [0.15, 0.2) is 71.1 Å². The third-order valence-electron chi connectivity index (χ3n) is 4.95. The molecule has 0 radical (unpaired) electrons. The Morgan fingerprint density at radius 1 is 0.909 bits per heavy atom. The number of likely N-dealkylation sites (N-methyl/N-ethyl adjacent to an activating group) is 1. The molecule has 6 nitrogen and oxygen atoms in total. The summed E-state index contributed by atoms with van der Waals surface area (Å²) in [4.78, 5) is 15.5. The van der Waals surface area contributed by atoms with Crippen LogP contribution in [0.3, 0.4) is 0 Å². The number of carbonyl (C=O) groups is 1. The van der Waals surface area contributed by atoms with Crippen LogP contribution in [0.4, 0.5) is 0 Å². The van der Waals surface area contributed by atoms with E-state index in [1.165, 1.54) is 24.3 Å². The van der Waals surface area contributed by atoms with E-state index in [9.17, 15) is 15.0 Å². The molecule has 0 spiro atoms. The van der Waals surface area contributed by atoms with Gasteiger partial charge < -0.3 is 24.3 Å². The van der Waals surface area contributed by atoms with Crippen LogP contribution in [0.25, 0.3) is 22.3 Å². The van der Waals surface area contributed by atoms with Crippen LogP contribution >= 0.6 is 0 Å². The van der Waals surface area contributed by atoms with Crippen molar-refractivity contribution in [1.29, 1.82) is 0 Å². The average molecular weight is 448 g/mol. The average Bonchev–Trinajstić information content (AvgIpc) is 3.19. The highest BCUT2D eigenvalue weighted by atomic mass is 16.5. The second-order valence-electron chi connectivity index (χ2n) is 7.54. The van der Waals surface area contributed by atoms with Crippen molar-refractivity contribution in [2.45, 2.75) is 13.8 Å². The first-order valence-electron chi connectivity index (χ1n) is 10.9. The molecule has 0 atom stereocenters. The number of benzene rings is 3. The van der Waals surface area contributed by atoms with Crippen LogP contribution in [0, 0.1) is 0 Å². The monoisotopic (exact) mass is 447 g/mol. The number of rotatable bonds is 7. The van der Waals surface area contributed by atoms with E-state index in [2.05, 4.69) is 0 Å². The summed E-state index contributed by atoms with van der Waals surface area (Å²) in [5, 5.41) is 20.1. The second kappa shape index (κ2) is 10.7. The largest absolute Gasteiger partial charge is 0.508 e. The maximum absolute atomic E-state index is 13.5. The summed E-state index contributed by atoms with van der Waals surface area (Å²) in [6, 6.07) is 18.1. The molecule has 33 heavy (non-hydrogen) atoms. The molecule has 0 unspecified atom stereocenters. The lowest BCUT2D eigenvalue weighted by atomic mass is 9.97. The zero-order chi connectivity index (χ0) is 24.0. The Kier molecular flexibility index (Phi) is 7.74. The minimum Gasteiger partial charge on any atom is -0.508 e. The number of furan rings is 1. The van der Waals surface area contributed by atoms with Crippen LogP contribution in [0.2, 0.25) is 0 Å². The van der Waals surface area contributed by atoms with E-state index in [0.29, 0.717) is 45.8 Å². The van der Waals surface area contributed by atoms with Gasteiger partial charge in [-0.2, -0.15) is 0 Å². The predicted molar refractivity (Wildman–Crippen MR) is 130 cm³/mol. The molecule has 0 amide bonds. The molecule has 0 fully saturated rings. The van der Waals surface area contributed by atoms with Gasteiger partial charge in [-0.1, -0.05) is 13.8 Å². The van der Waals surface area contributed by atoms with Gasteiger partial charge in [0.2, 0.25) is 0 Å². The number of hydrogen-bond acceptors (Lipinski definition) is 6. The van der Waals surface area contributed by atoms with Gasteiger partial charge in [-0.3, -0.25) is 4.79 Å². The maximum Gasteiger partial charge on any atom is 0.197 e. The fourth-order valence-electron chi connectivity index (χ4n) is 3.32. The van der Waals surface area contributed by atoms with E-state index in [4.69, 9.17) is 9.15 Å². The van der Waals surface area contributed by atoms with Crippen molar-refractivity contribution in [3.8, 4) is 28.6 Å². The van der Waals surface area contributed by atoms with E-state index in [1.807, 2.05) is 32.8 Å². The standard InChI is InChI=1S/C25H23NO5.C2H6/c1-26(2)13-14-30-20-10-5-16(6-11-20)24(29)23-21-12-9-19(28)15-22(21)31-25(23)17-3-7-18(27)8-4-17;1-2/h3-12,15,27-28H,13-14H2,1-2H3;1-2H3. The fraction of sp³-hybridized carbons (Fsp3) is 0.222. The van der Waals surface area contributed by atoms with Crippen LogP contribution in [-0.2, 0) is 0 Å². The van der Waals surface area contributed by atoms with Gasteiger partial charge in [0.1, 0.15) is 35.2 Å². The fourth-order valence-corrected chi connectivity index (χ4v) is 3.32. The Morgan fingerprint density at radius 3 is 2.18 bits per heavy atom. The minimum atomic E-state index is -0.202. The van der Waals surface area contributed by atoms with Crippen molar-refractivity contribution in [2.24, 2.45) is 0 Å². The smallest absolute Gasteiger partial charge is 0.197 e. The predicted octanol–water partition coefficient (Wildman–Crippen LogP) is 5.71. The number of hydrogen-bond donors (Lipinski definition) is 2. The number of ketones is 1. The molecule has 0 saturated carbocycles. The zero-order valence-corrected chi connectivity index (χ0v) is 19.3. The Bertz CT molecular complexity index is 1210. The first-order chi connectivity index (χ1) is 15.9. The van der Waals surface area contributed by atoms with Gasteiger partial charge in [0.05, 0.1) is 5.56 Å². The molecule has 172 valence electrons. The molecular formula is C27H29NO5. The number of carbonyl (C=O) groups excluding carboxylic acids is 1. The van der Waals surface area contributed by atoms with E-state index in [-0.39, 0.29) is 17.3 Å². The van der Waals surface area contributed by atoms with Crippen molar-refractivity contribution in [2.75, 3.05) is 27.2 Å². The molecule has 6 heteroatoms. The zero-order valence-electron chi connectivity index (χ0n) is 19.3. The molecule has 2 N–H and O–H groups in total. The van der Waals surface area contributed by atoms with E-state index < -0.39 is 0 Å². The highest BCUT2D eigenvalue weighted by Gasteiger charge is 2.23. The van der Waals surface area contributed by atoms with Crippen LogP contribution in [0.1, 0.15) is 29.8 Å². The van der Waals surface area contributed by atoms with E-state index in [0.717, 1.165) is 6.54 Å². The molecule has 0 aliphatic carbocycles. The Labute approximate surface area is 193 Å². The number of fused-ring (bicyclic) bond motifs is 1. The lowest BCUT2D eigenvalue weighted by Crippen LogP contribution is -2.19. The SMILES string of the molecule is CC.CN(C)CCOc1ccc(C(=O)c2c(-c3ccc(O)cc3)oc3cc(O)ccc23)cc1. The highest BCUT2D eigenvalue weighted by Crippen LogP contribution is 2.37. The Morgan fingerprint density at radius 2 is 1.55 bits per heavy atom. The van der Waals surface area contributed by atoms with Crippen molar-refractivity contribution >= 4 is 16.8 Å². The highest BCUT2D eigenvalue weighted by molar-refractivity contribution is 6.19. The summed E-state index contributed by atoms with van der Waals surface area (Å²) >= 11 is 0. The van der Waals surface area contributed by atoms with Gasteiger partial charge in [0.25, 0.3) is 0 Å². The summed E-state index contributed by atoms with van der Waals surface area (Å²) in [7, 11) is 3.96. The summed E-state index contributed by atoms with van der Waals surface area (Å²) in [6.07, 6.45) is 0. The van der Waals surface area contributed by atoms with Crippen LogP contribution in [-0.4, -0.2) is 48.1 Å². The lowest BCUT2D eigenvalue weighted by molar-refractivity contribution is 0.104. The molecule has 0 aliphatic rings. The topological polar surface area (TPSA) is 83.1 Å². The number of phenols is 2. The first kappa shape index (κ1) is 23.9. The van der Waals surface area contributed by atoms with Crippen molar-refractivity contribution in [3.63, 3.8) is 0 Å². The number of ether oxygens (including phenoxy) is 1. The van der Waals surface area contributed by atoms with Crippen molar-refractivity contribution in [3.05, 3.63) is 77.9 Å². The number of aromatic hydroxyl groups is 2. The van der Waals surface area contributed by atoms with Crippen molar-refractivity contribution in [1.82, 2.24) is 4.90 Å². The van der Waals surface area contributed by atoms with Gasteiger partial charge in [-0.15, -0.1) is 0 Å². The summed E-state index contributed by atoms with van der Waals surface area (Å²) in [6.45, 7) is 5.35. The van der Waals surface area contributed by atoms with Crippen LogP contribution in [0.5, 0.6) is 17.2 Å². The van der Waals surface area contributed by atoms with Crippen LogP contribution < -0.4 is 4.74 Å². The molecule has 4 aromatic rings. The maximum atomic E-state index is 13.5. The molecule has 3 aromatic carbocycles. The van der Waals surface area contributed by atoms with Gasteiger partial charge in [-0.05, 0) is 74.8 Å². The van der Waals surface area contributed by atoms with Gasteiger partial charge >= 0.3 is 0 Å². The third kappa shape index (κ3) is 5.54. The quantitative estimate of drug-likeness (QED) is 0.353. The summed E-state index contributed by atoms with van der Waals surface area (Å²) in [5.41, 5.74) is 1.97. The first-order valence-corrected chi connectivity index (χ1v) is 10.9. The van der Waals surface area contributed by atoms with Gasteiger partial charge in [-0.25, -0.2) is 0 Å².